The zero-order chi connectivity index (χ0) is 12.8. The summed E-state index contributed by atoms with van der Waals surface area (Å²) in [5.41, 5.74) is -0.200. The van der Waals surface area contributed by atoms with Crippen molar-refractivity contribution in [2.75, 3.05) is 6.51 Å². The van der Waals surface area contributed by atoms with Crippen LogP contribution in [0.1, 0.15) is 19.1 Å². The van der Waals surface area contributed by atoms with E-state index in [0.29, 0.717) is 4.77 Å². The van der Waals surface area contributed by atoms with Crippen molar-refractivity contribution < 1.29 is 9.84 Å². The first-order valence-electron chi connectivity index (χ1n) is 5.12. The Hall–Kier alpha value is -0.850. The van der Waals surface area contributed by atoms with E-state index < -0.39 is 0 Å². The topological polar surface area (TPSA) is 67.2 Å². The van der Waals surface area contributed by atoms with Crippen LogP contribution in [0.2, 0.25) is 0 Å². The predicted molar refractivity (Wildman–Crippen MR) is 67.6 cm³/mol. The maximum atomic E-state index is 10.9. The Morgan fingerprint density at radius 2 is 2.29 bits per heavy atom. The summed E-state index contributed by atoms with van der Waals surface area (Å²) in [6.45, 7) is -0.250. The summed E-state index contributed by atoms with van der Waals surface area (Å²) < 4.78 is 7.50. The van der Waals surface area contributed by atoms with Gasteiger partial charge in [0.05, 0.1) is 0 Å². The van der Waals surface area contributed by atoms with E-state index >= 15 is 0 Å². The fraction of sp³-hybridized carbons (Fsp3) is 0.556. The lowest BCUT2D eigenvalue weighted by Crippen LogP contribution is -2.16. The maximum Gasteiger partial charge on any atom is 0.251 e. The highest BCUT2D eigenvalue weighted by molar-refractivity contribution is 7.71. The van der Waals surface area contributed by atoms with Crippen molar-refractivity contribution in [1.29, 1.82) is 0 Å². The lowest BCUT2D eigenvalue weighted by Gasteiger charge is -2.14. The molecule has 8 heteroatoms. The molecule has 1 aliphatic rings. The normalized spacial score (nSPS) is 22.9. The summed E-state index contributed by atoms with van der Waals surface area (Å²) in [7, 11) is 10.0. The number of hydrogen-bond acceptors (Lipinski definition) is 4. The Bertz CT molecular complexity index is 462. The number of ether oxygens (including phenoxy) is 1. The van der Waals surface area contributed by atoms with Crippen molar-refractivity contribution in [1.82, 2.24) is 9.55 Å². The molecule has 2 heterocycles. The Labute approximate surface area is 107 Å². The zero-order valence-electron chi connectivity index (χ0n) is 9.20. The molecule has 1 aromatic heterocycles. The van der Waals surface area contributed by atoms with Gasteiger partial charge < -0.3 is 9.84 Å². The molecular formula is C9H12B2N2O3S. The van der Waals surface area contributed by atoms with Gasteiger partial charge in [0, 0.05) is 24.8 Å². The maximum absolute atomic E-state index is 10.9. The fourth-order valence-corrected chi connectivity index (χ4v) is 1.78. The summed E-state index contributed by atoms with van der Waals surface area (Å²) in [4.78, 5) is 13.5. The molecule has 0 bridgehead atoms. The highest BCUT2D eigenvalue weighted by Gasteiger charge is 2.22. The van der Waals surface area contributed by atoms with Crippen molar-refractivity contribution in [3.8, 4) is 0 Å². The van der Waals surface area contributed by atoms with Gasteiger partial charge in [-0.3, -0.25) is 14.3 Å². The van der Waals surface area contributed by atoms with Gasteiger partial charge >= 0.3 is 0 Å². The van der Waals surface area contributed by atoms with Gasteiger partial charge in [-0.05, 0) is 25.1 Å². The second kappa shape index (κ2) is 6.78. The third kappa shape index (κ3) is 4.14. The smallest absolute Gasteiger partial charge is 0.251 e. The zero-order valence-corrected chi connectivity index (χ0v) is 10.0. The SMILES string of the molecule is [B]CO.[B][C@@H]1CCC(n2ccc(=O)[nH]c2=S)O1. The summed E-state index contributed by atoms with van der Waals surface area (Å²) in [6, 6.07) is 1.19. The Morgan fingerprint density at radius 3 is 2.76 bits per heavy atom. The van der Waals surface area contributed by atoms with Crippen molar-refractivity contribution >= 4 is 27.9 Å². The minimum atomic E-state index is -0.250. The third-order valence-electron chi connectivity index (χ3n) is 2.19. The molecule has 17 heavy (non-hydrogen) atoms. The van der Waals surface area contributed by atoms with Gasteiger partial charge in [0.2, 0.25) is 0 Å². The molecule has 0 amide bonds. The Kier molecular flexibility index (Phi) is 5.67. The van der Waals surface area contributed by atoms with E-state index in [1.807, 2.05) is 0 Å². The average molecular weight is 250 g/mol. The van der Waals surface area contributed by atoms with Crippen LogP contribution in [-0.4, -0.2) is 42.9 Å². The molecule has 1 fully saturated rings. The van der Waals surface area contributed by atoms with Gasteiger partial charge in [-0.15, -0.1) is 0 Å². The molecule has 0 aliphatic carbocycles. The predicted octanol–water partition coefficient (Wildman–Crippen LogP) is -0.186. The van der Waals surface area contributed by atoms with Crippen molar-refractivity contribution in [2.24, 2.45) is 0 Å². The van der Waals surface area contributed by atoms with Crippen LogP contribution in [0.25, 0.3) is 0 Å². The highest BCUT2D eigenvalue weighted by Crippen LogP contribution is 2.25. The van der Waals surface area contributed by atoms with Gasteiger partial charge in [-0.2, -0.15) is 0 Å². The van der Waals surface area contributed by atoms with Crippen LogP contribution < -0.4 is 5.56 Å². The van der Waals surface area contributed by atoms with Gasteiger partial charge in [0.1, 0.15) is 21.9 Å². The number of nitrogens with zero attached hydrogens (tertiary/aromatic N) is 1. The van der Waals surface area contributed by atoms with Crippen LogP contribution in [-0.2, 0) is 4.74 Å². The number of aliphatic hydroxyl groups excluding tert-OH is 1. The van der Waals surface area contributed by atoms with E-state index in [4.69, 9.17) is 29.9 Å². The molecule has 4 radical (unpaired) electrons. The van der Waals surface area contributed by atoms with Crippen LogP contribution in [0, 0.1) is 4.77 Å². The molecule has 2 N–H and O–H groups in total. The molecule has 0 saturated carbocycles. The van der Waals surface area contributed by atoms with Crippen molar-refractivity contribution in [3.05, 3.63) is 27.4 Å². The fourth-order valence-electron chi connectivity index (χ4n) is 1.50. The third-order valence-corrected chi connectivity index (χ3v) is 2.50. The molecule has 2 atom stereocenters. The lowest BCUT2D eigenvalue weighted by molar-refractivity contribution is 0.0354. The number of H-pyrrole nitrogens is 1. The quantitative estimate of drug-likeness (QED) is 0.535. The summed E-state index contributed by atoms with van der Waals surface area (Å²) >= 11 is 5.00. The van der Waals surface area contributed by atoms with E-state index in [1.165, 1.54) is 6.07 Å². The highest BCUT2D eigenvalue weighted by atomic mass is 32.1. The molecular weight excluding hydrogens is 238 g/mol. The van der Waals surface area contributed by atoms with Gasteiger partial charge in [-0.25, -0.2) is 0 Å². The molecule has 1 unspecified atom stereocenters. The van der Waals surface area contributed by atoms with Crippen molar-refractivity contribution in [3.63, 3.8) is 0 Å². The minimum Gasteiger partial charge on any atom is -0.406 e. The number of aromatic amines is 1. The second-order valence-corrected chi connectivity index (χ2v) is 3.79. The molecule has 0 aromatic carbocycles. The molecule has 1 aliphatic heterocycles. The van der Waals surface area contributed by atoms with E-state index in [1.54, 1.807) is 10.8 Å². The van der Waals surface area contributed by atoms with Gasteiger partial charge in [0.15, 0.2) is 4.77 Å². The molecule has 1 saturated heterocycles. The van der Waals surface area contributed by atoms with Crippen LogP contribution in [0.4, 0.5) is 0 Å². The Balaban J connectivity index is 0.000000437. The number of hydrogen-bond donors (Lipinski definition) is 2. The van der Waals surface area contributed by atoms with Gasteiger partial charge in [0.25, 0.3) is 5.56 Å². The molecule has 5 nitrogen and oxygen atoms in total. The average Bonchev–Trinajstić information content (AvgIpc) is 2.66. The summed E-state index contributed by atoms with van der Waals surface area (Å²) in [6.07, 6.45) is 3.12. The van der Waals surface area contributed by atoms with E-state index in [0.717, 1.165) is 12.8 Å². The van der Waals surface area contributed by atoms with E-state index in [-0.39, 0.29) is 24.3 Å². The first kappa shape index (κ1) is 14.2. The first-order valence-corrected chi connectivity index (χ1v) is 5.52. The van der Waals surface area contributed by atoms with Gasteiger partial charge in [-0.1, -0.05) is 0 Å². The molecule has 88 valence electrons. The Morgan fingerprint density at radius 1 is 1.65 bits per heavy atom. The summed E-state index contributed by atoms with van der Waals surface area (Å²) in [5.74, 6) is 0. The number of nitrogens with one attached hydrogen (secondary N) is 1. The van der Waals surface area contributed by atoms with Crippen LogP contribution >= 0.6 is 12.2 Å². The van der Waals surface area contributed by atoms with E-state index in [2.05, 4.69) is 12.8 Å². The van der Waals surface area contributed by atoms with Crippen LogP contribution in [0.15, 0.2) is 17.1 Å². The number of aromatic nitrogens is 2. The van der Waals surface area contributed by atoms with Crippen LogP contribution in [0.5, 0.6) is 0 Å². The number of rotatable bonds is 1. The minimum absolute atomic E-state index is 0.144. The largest absolute Gasteiger partial charge is 0.406 e. The molecule has 1 aromatic rings. The monoisotopic (exact) mass is 250 g/mol. The molecule has 2 rings (SSSR count). The molecule has 0 spiro atoms. The first-order chi connectivity index (χ1) is 8.08. The lowest BCUT2D eigenvalue weighted by atomic mass is 9.98. The van der Waals surface area contributed by atoms with E-state index in [9.17, 15) is 4.79 Å². The number of aliphatic hydroxyl groups is 1. The van der Waals surface area contributed by atoms with Crippen LogP contribution in [0.3, 0.4) is 0 Å². The standard InChI is InChI=1S/C8H9BN2O2S.CH3BO/c9-5-1-2-7(13-5)11-4-3-6(12)10-8(11)14;2-1-3/h3-5,7H,1-2H2,(H,10,12,14);3H,1H2/t5-,7?;/m0./s1. The second-order valence-electron chi connectivity index (χ2n) is 3.41. The van der Waals surface area contributed by atoms with Crippen molar-refractivity contribution in [2.45, 2.75) is 25.1 Å². The summed E-state index contributed by atoms with van der Waals surface area (Å²) in [5, 5.41) is 7.35.